The summed E-state index contributed by atoms with van der Waals surface area (Å²) in [6, 6.07) is 10.0. The Bertz CT molecular complexity index is 1230. The van der Waals surface area contributed by atoms with E-state index in [1.807, 2.05) is 39.0 Å². The van der Waals surface area contributed by atoms with Crippen molar-refractivity contribution in [3.05, 3.63) is 63.7 Å². The number of amides is 2. The highest BCUT2D eigenvalue weighted by Gasteiger charge is 2.37. The second-order valence-corrected chi connectivity index (χ2v) is 10.3. The minimum atomic E-state index is -0.463. The van der Waals surface area contributed by atoms with Crippen molar-refractivity contribution in [3.63, 3.8) is 0 Å². The molecule has 6 heteroatoms. The van der Waals surface area contributed by atoms with Crippen LogP contribution in [-0.2, 0) is 9.59 Å². The lowest BCUT2D eigenvalue weighted by atomic mass is 9.79. The predicted octanol–water partition coefficient (Wildman–Crippen LogP) is 5.17. The lowest BCUT2D eigenvalue weighted by Gasteiger charge is -2.45. The van der Waals surface area contributed by atoms with Crippen LogP contribution in [0.2, 0.25) is 0 Å². The molecule has 5 nitrogen and oxygen atoms in total. The Balaban J connectivity index is 1.79. The Kier molecular flexibility index (Phi) is 5.69. The van der Waals surface area contributed by atoms with Crippen molar-refractivity contribution in [2.24, 2.45) is 0 Å². The van der Waals surface area contributed by atoms with Gasteiger partial charge < -0.3 is 4.90 Å². The van der Waals surface area contributed by atoms with E-state index in [9.17, 15) is 9.59 Å². The predicted molar refractivity (Wildman–Crippen MR) is 139 cm³/mol. The molecule has 2 aromatic carbocycles. The normalized spacial score (nSPS) is 21.4. The Morgan fingerprint density at radius 3 is 2.48 bits per heavy atom. The molecule has 172 valence electrons. The van der Waals surface area contributed by atoms with E-state index in [2.05, 4.69) is 50.2 Å². The number of carbonyl (C=O) groups excluding carboxylic acids is 2. The maximum Gasteiger partial charge on any atom is 0.270 e. The molecule has 0 aliphatic carbocycles. The second-order valence-electron chi connectivity index (χ2n) is 9.92. The van der Waals surface area contributed by atoms with Crippen LogP contribution in [0.25, 0.3) is 6.08 Å². The molecule has 0 bridgehead atoms. The fourth-order valence-electron chi connectivity index (χ4n) is 4.90. The van der Waals surface area contributed by atoms with Gasteiger partial charge >= 0.3 is 0 Å². The molecule has 2 aliphatic heterocycles. The van der Waals surface area contributed by atoms with Gasteiger partial charge in [-0.1, -0.05) is 19.1 Å². The number of hydrogen-bond acceptors (Lipinski definition) is 4. The van der Waals surface area contributed by atoms with E-state index in [1.54, 1.807) is 6.08 Å². The van der Waals surface area contributed by atoms with Gasteiger partial charge in [-0.15, -0.1) is 0 Å². The van der Waals surface area contributed by atoms with Gasteiger partial charge in [-0.05, 0) is 111 Å². The number of anilines is 2. The average molecular weight is 462 g/mol. The average Bonchev–Trinajstić information content (AvgIpc) is 2.72. The summed E-state index contributed by atoms with van der Waals surface area (Å²) in [5, 5.41) is 2.81. The summed E-state index contributed by atoms with van der Waals surface area (Å²) in [7, 11) is 2.13. The van der Waals surface area contributed by atoms with E-state index in [0.717, 1.165) is 28.7 Å². The molecule has 2 aromatic rings. The van der Waals surface area contributed by atoms with Crippen LogP contribution in [0, 0.1) is 20.8 Å². The number of fused-ring (bicyclic) bond motifs is 1. The van der Waals surface area contributed by atoms with Crippen LogP contribution in [-0.4, -0.2) is 29.5 Å². The van der Waals surface area contributed by atoms with Crippen molar-refractivity contribution in [2.75, 3.05) is 16.8 Å². The molecule has 0 radical (unpaired) electrons. The number of benzene rings is 2. The SMILES string of the molecule is Cc1cc2c(cc1/C=C1/C(=O)NC(=S)N(c3cccc(C)c3C)C1=O)C(C)CC(C)(C)N2C. The Morgan fingerprint density at radius 1 is 1.09 bits per heavy atom. The number of aryl methyl sites for hydroxylation is 2. The van der Waals surface area contributed by atoms with Crippen LogP contribution in [0.5, 0.6) is 0 Å². The maximum atomic E-state index is 13.5. The van der Waals surface area contributed by atoms with Crippen molar-refractivity contribution in [3.8, 4) is 0 Å². The molecular weight excluding hydrogens is 430 g/mol. The largest absolute Gasteiger partial charge is 0.369 e. The summed E-state index contributed by atoms with van der Waals surface area (Å²) in [6.07, 6.45) is 2.74. The third kappa shape index (κ3) is 3.86. The lowest BCUT2D eigenvalue weighted by Crippen LogP contribution is -2.54. The van der Waals surface area contributed by atoms with Gasteiger partial charge in [0.2, 0.25) is 0 Å². The van der Waals surface area contributed by atoms with Gasteiger partial charge in [0.05, 0.1) is 5.69 Å². The monoisotopic (exact) mass is 461 g/mol. The molecule has 0 aromatic heterocycles. The molecule has 4 rings (SSSR count). The van der Waals surface area contributed by atoms with E-state index < -0.39 is 11.8 Å². The number of nitrogens with one attached hydrogen (secondary N) is 1. The van der Waals surface area contributed by atoms with Gasteiger partial charge in [-0.25, -0.2) is 0 Å². The first-order valence-corrected chi connectivity index (χ1v) is 11.7. The number of thiocarbonyl (C=S) groups is 1. The van der Waals surface area contributed by atoms with Gasteiger partial charge in [0.15, 0.2) is 5.11 Å². The Hall–Kier alpha value is -2.99. The van der Waals surface area contributed by atoms with Crippen molar-refractivity contribution in [1.29, 1.82) is 0 Å². The molecule has 2 aliphatic rings. The zero-order valence-corrected chi connectivity index (χ0v) is 21.2. The fourth-order valence-corrected chi connectivity index (χ4v) is 5.17. The second kappa shape index (κ2) is 8.10. The van der Waals surface area contributed by atoms with E-state index in [1.165, 1.54) is 16.2 Å². The van der Waals surface area contributed by atoms with Crippen LogP contribution in [0.4, 0.5) is 11.4 Å². The minimum Gasteiger partial charge on any atom is -0.369 e. The topological polar surface area (TPSA) is 52.7 Å². The van der Waals surface area contributed by atoms with Gasteiger partial charge in [0, 0.05) is 18.3 Å². The maximum absolute atomic E-state index is 13.5. The van der Waals surface area contributed by atoms with Crippen molar-refractivity contribution in [2.45, 2.75) is 59.4 Å². The molecule has 0 saturated carbocycles. The summed E-state index contributed by atoms with van der Waals surface area (Å²) in [5.41, 5.74) is 7.19. The first-order valence-electron chi connectivity index (χ1n) is 11.3. The number of rotatable bonds is 2. The molecule has 2 heterocycles. The first-order chi connectivity index (χ1) is 15.4. The summed E-state index contributed by atoms with van der Waals surface area (Å²) >= 11 is 5.38. The fraction of sp³-hybridized carbons (Fsp3) is 0.370. The molecule has 1 saturated heterocycles. The minimum absolute atomic E-state index is 0.0694. The highest BCUT2D eigenvalue weighted by molar-refractivity contribution is 7.80. The van der Waals surface area contributed by atoms with E-state index in [0.29, 0.717) is 11.6 Å². The van der Waals surface area contributed by atoms with Crippen LogP contribution < -0.4 is 15.1 Å². The summed E-state index contributed by atoms with van der Waals surface area (Å²) in [4.78, 5) is 30.1. The van der Waals surface area contributed by atoms with E-state index in [-0.39, 0.29) is 16.2 Å². The lowest BCUT2D eigenvalue weighted by molar-refractivity contribution is -0.122. The molecule has 1 N–H and O–H groups in total. The van der Waals surface area contributed by atoms with Gasteiger partial charge in [-0.2, -0.15) is 0 Å². The van der Waals surface area contributed by atoms with Crippen LogP contribution in [0.3, 0.4) is 0 Å². The van der Waals surface area contributed by atoms with Crippen molar-refractivity contribution >= 4 is 46.6 Å². The smallest absolute Gasteiger partial charge is 0.270 e. The number of carbonyl (C=O) groups is 2. The Morgan fingerprint density at radius 2 is 1.79 bits per heavy atom. The van der Waals surface area contributed by atoms with Gasteiger partial charge in [0.1, 0.15) is 5.57 Å². The van der Waals surface area contributed by atoms with Crippen LogP contribution in [0.15, 0.2) is 35.9 Å². The molecule has 1 unspecified atom stereocenters. The van der Waals surface area contributed by atoms with E-state index >= 15 is 0 Å². The zero-order chi connectivity index (χ0) is 24.2. The van der Waals surface area contributed by atoms with Crippen LogP contribution in [0.1, 0.15) is 60.9 Å². The van der Waals surface area contributed by atoms with E-state index in [4.69, 9.17) is 12.2 Å². The molecule has 2 amide bonds. The highest BCUT2D eigenvalue weighted by atomic mass is 32.1. The zero-order valence-electron chi connectivity index (χ0n) is 20.4. The molecule has 1 fully saturated rings. The third-order valence-electron chi connectivity index (χ3n) is 7.24. The first kappa shape index (κ1) is 23.2. The summed E-state index contributed by atoms with van der Waals surface area (Å²) in [5.74, 6) is -0.491. The number of hydrogen-bond donors (Lipinski definition) is 1. The molecule has 0 spiro atoms. The molecule has 1 atom stereocenters. The van der Waals surface area contributed by atoms with Gasteiger partial charge in [-0.3, -0.25) is 19.8 Å². The number of nitrogens with zero attached hydrogens (tertiary/aromatic N) is 2. The van der Waals surface area contributed by atoms with Crippen molar-refractivity contribution < 1.29 is 9.59 Å². The van der Waals surface area contributed by atoms with Gasteiger partial charge in [0.25, 0.3) is 11.8 Å². The standard InChI is InChI=1S/C27H31N3O2S/c1-15-9-8-10-22(18(15)4)30-25(32)21(24(31)28-26(30)33)13-19-12-20-17(3)14-27(5,6)29(7)23(20)11-16(19)2/h8-13,17H,14H2,1-7H3,(H,28,31,33)/b21-13-. The summed E-state index contributed by atoms with van der Waals surface area (Å²) < 4.78 is 0. The van der Waals surface area contributed by atoms with Crippen molar-refractivity contribution in [1.82, 2.24) is 5.32 Å². The van der Waals surface area contributed by atoms with Crippen LogP contribution >= 0.6 is 12.2 Å². The third-order valence-corrected chi connectivity index (χ3v) is 7.52. The summed E-state index contributed by atoms with van der Waals surface area (Å²) in [6.45, 7) is 12.7. The quantitative estimate of drug-likeness (QED) is 0.381. The Labute approximate surface area is 201 Å². The molecule has 33 heavy (non-hydrogen) atoms. The highest BCUT2D eigenvalue weighted by Crippen LogP contribution is 2.43. The molecular formula is C27H31N3O2S.